The molecule has 17 heavy (non-hydrogen) atoms. The minimum absolute atomic E-state index is 0.218. The average molecular weight is 252 g/mol. The summed E-state index contributed by atoms with van der Waals surface area (Å²) in [6.07, 6.45) is 0.374. The van der Waals surface area contributed by atoms with Crippen molar-refractivity contribution in [1.82, 2.24) is 9.97 Å². The van der Waals surface area contributed by atoms with Crippen LogP contribution >= 0.6 is 11.6 Å². The van der Waals surface area contributed by atoms with E-state index >= 15 is 0 Å². The maximum atomic E-state index is 9.35. The maximum absolute atomic E-state index is 9.35. The van der Waals surface area contributed by atoms with Gasteiger partial charge in [-0.05, 0) is 17.7 Å². The molecule has 0 aliphatic heterocycles. The van der Waals surface area contributed by atoms with Crippen LogP contribution in [0.5, 0.6) is 11.8 Å². The van der Waals surface area contributed by atoms with Gasteiger partial charge in [-0.15, -0.1) is 0 Å². The van der Waals surface area contributed by atoms with Gasteiger partial charge in [0, 0.05) is 11.4 Å². The average Bonchev–Trinajstić information content (AvgIpc) is 2.29. The first kappa shape index (κ1) is 11.5. The van der Waals surface area contributed by atoms with Gasteiger partial charge in [-0.1, -0.05) is 23.7 Å². The zero-order valence-corrected chi connectivity index (χ0v) is 9.52. The Bertz CT molecular complexity index is 520. The van der Waals surface area contributed by atoms with E-state index in [1.165, 1.54) is 0 Å². The number of rotatable bonds is 2. The Kier molecular flexibility index (Phi) is 3.01. The molecule has 0 atom stereocenters. The molecule has 0 unspecified atom stereocenters. The number of halogens is 1. The van der Waals surface area contributed by atoms with E-state index < -0.39 is 11.8 Å². The minimum Gasteiger partial charge on any atom is -0.492 e. The summed E-state index contributed by atoms with van der Waals surface area (Å²) in [6.45, 7) is 0. The molecule has 0 spiro atoms. The second kappa shape index (κ2) is 4.47. The molecule has 4 N–H and O–H groups in total. The molecule has 0 amide bonds. The Balaban J connectivity index is 2.27. The summed E-state index contributed by atoms with van der Waals surface area (Å²) in [5, 5.41) is 19.3. The lowest BCUT2D eigenvalue weighted by atomic mass is 10.1. The van der Waals surface area contributed by atoms with Gasteiger partial charge in [-0.3, -0.25) is 0 Å². The van der Waals surface area contributed by atoms with E-state index in [4.69, 9.17) is 17.3 Å². The van der Waals surface area contributed by atoms with E-state index in [0.29, 0.717) is 11.4 Å². The van der Waals surface area contributed by atoms with Crippen LogP contribution in [0.15, 0.2) is 24.3 Å². The summed E-state index contributed by atoms with van der Waals surface area (Å²) in [7, 11) is 0. The number of hydrogen-bond donors (Lipinski definition) is 3. The van der Waals surface area contributed by atoms with Crippen LogP contribution in [-0.4, -0.2) is 20.2 Å². The Labute approximate surface area is 103 Å². The topological polar surface area (TPSA) is 92.3 Å². The number of benzene rings is 1. The number of aromatic hydroxyl groups is 2. The van der Waals surface area contributed by atoms with Crippen LogP contribution in [0.3, 0.4) is 0 Å². The number of anilines is 1. The molecule has 0 aliphatic rings. The van der Waals surface area contributed by atoms with Crippen LogP contribution in [0.4, 0.5) is 5.69 Å². The fraction of sp³-hybridized carbons (Fsp3) is 0.0909. The van der Waals surface area contributed by atoms with Gasteiger partial charge in [0.05, 0.1) is 0 Å². The highest BCUT2D eigenvalue weighted by Gasteiger charge is 2.10. The summed E-state index contributed by atoms with van der Waals surface area (Å²) in [5.74, 6) is -0.542. The molecule has 6 heteroatoms. The Morgan fingerprint density at radius 1 is 1.06 bits per heavy atom. The summed E-state index contributed by atoms with van der Waals surface area (Å²) in [4.78, 5) is 7.56. The van der Waals surface area contributed by atoms with E-state index in [1.54, 1.807) is 12.1 Å². The van der Waals surface area contributed by atoms with Crippen molar-refractivity contribution < 1.29 is 10.2 Å². The van der Waals surface area contributed by atoms with Gasteiger partial charge in [-0.2, -0.15) is 9.97 Å². The summed E-state index contributed by atoms with van der Waals surface area (Å²) in [6, 6.07) is 7.12. The molecule has 0 saturated heterocycles. The summed E-state index contributed by atoms with van der Waals surface area (Å²) >= 11 is 5.76. The predicted octanol–water partition coefficient (Wildman–Crippen LogP) is 1.71. The van der Waals surface area contributed by atoms with Crippen molar-refractivity contribution in [3.63, 3.8) is 0 Å². The molecule has 0 radical (unpaired) electrons. The van der Waals surface area contributed by atoms with Crippen LogP contribution in [0.2, 0.25) is 5.02 Å². The summed E-state index contributed by atoms with van der Waals surface area (Å²) < 4.78 is 0. The van der Waals surface area contributed by atoms with Crippen LogP contribution in [0.25, 0.3) is 0 Å². The lowest BCUT2D eigenvalue weighted by Crippen LogP contribution is -2.00. The normalized spacial score (nSPS) is 10.4. The third-order valence-electron chi connectivity index (χ3n) is 2.23. The largest absolute Gasteiger partial charge is 0.492 e. The van der Waals surface area contributed by atoms with Gasteiger partial charge < -0.3 is 15.9 Å². The molecular formula is C11H10ClN3O2. The van der Waals surface area contributed by atoms with E-state index in [1.807, 2.05) is 12.1 Å². The number of nitrogens with two attached hydrogens (primary N) is 1. The first-order valence-electron chi connectivity index (χ1n) is 4.85. The lowest BCUT2D eigenvalue weighted by Gasteiger charge is -2.04. The Morgan fingerprint density at radius 2 is 1.59 bits per heavy atom. The van der Waals surface area contributed by atoms with Crippen molar-refractivity contribution in [3.05, 3.63) is 40.7 Å². The molecule has 2 aromatic rings. The molecule has 0 bridgehead atoms. The maximum Gasteiger partial charge on any atom is 0.242 e. The third-order valence-corrected chi connectivity index (χ3v) is 2.48. The van der Waals surface area contributed by atoms with Gasteiger partial charge in [0.15, 0.2) is 5.69 Å². The van der Waals surface area contributed by atoms with E-state index in [0.717, 1.165) is 5.56 Å². The minimum atomic E-state index is -0.415. The van der Waals surface area contributed by atoms with E-state index in [9.17, 15) is 10.2 Å². The quantitative estimate of drug-likeness (QED) is 0.756. The number of aromatic nitrogens is 2. The van der Waals surface area contributed by atoms with Gasteiger partial charge in [0.25, 0.3) is 0 Å². The molecule has 1 heterocycles. The number of nitrogens with zero attached hydrogens (tertiary/aromatic N) is 2. The van der Waals surface area contributed by atoms with Gasteiger partial charge >= 0.3 is 0 Å². The second-order valence-corrected chi connectivity index (χ2v) is 3.94. The number of hydrogen-bond acceptors (Lipinski definition) is 5. The molecule has 88 valence electrons. The smallest absolute Gasteiger partial charge is 0.242 e. The van der Waals surface area contributed by atoms with Crippen molar-refractivity contribution in [2.75, 3.05) is 5.73 Å². The Morgan fingerprint density at radius 3 is 2.12 bits per heavy atom. The molecule has 1 aromatic heterocycles. The van der Waals surface area contributed by atoms with Crippen molar-refractivity contribution in [2.45, 2.75) is 6.42 Å². The zero-order chi connectivity index (χ0) is 12.4. The highest BCUT2D eigenvalue weighted by molar-refractivity contribution is 6.30. The number of nitrogen functional groups attached to an aromatic ring is 1. The standard InChI is InChI=1S/C11H10ClN3O2/c12-7-3-1-6(2-4-7)5-8-14-10(16)9(13)11(17)15-8/h1-4H,5,13H2,(H2,14,15,16,17). The van der Waals surface area contributed by atoms with Crippen molar-refractivity contribution in [3.8, 4) is 11.8 Å². The van der Waals surface area contributed by atoms with Gasteiger partial charge in [0.2, 0.25) is 11.8 Å². The molecule has 0 saturated carbocycles. The molecule has 0 fully saturated rings. The predicted molar refractivity (Wildman–Crippen MR) is 64.0 cm³/mol. The molecule has 0 aliphatic carbocycles. The van der Waals surface area contributed by atoms with Gasteiger partial charge in [-0.25, -0.2) is 0 Å². The second-order valence-electron chi connectivity index (χ2n) is 3.50. The van der Waals surface area contributed by atoms with E-state index in [2.05, 4.69) is 9.97 Å². The lowest BCUT2D eigenvalue weighted by molar-refractivity contribution is 0.422. The van der Waals surface area contributed by atoms with Crippen LogP contribution in [-0.2, 0) is 6.42 Å². The monoisotopic (exact) mass is 251 g/mol. The highest BCUT2D eigenvalue weighted by atomic mass is 35.5. The van der Waals surface area contributed by atoms with Crippen molar-refractivity contribution in [2.24, 2.45) is 0 Å². The van der Waals surface area contributed by atoms with Crippen LogP contribution < -0.4 is 5.73 Å². The molecule has 1 aromatic carbocycles. The zero-order valence-electron chi connectivity index (χ0n) is 8.76. The fourth-order valence-electron chi connectivity index (χ4n) is 1.35. The highest BCUT2D eigenvalue weighted by Crippen LogP contribution is 2.25. The molecule has 5 nitrogen and oxygen atoms in total. The fourth-order valence-corrected chi connectivity index (χ4v) is 1.48. The SMILES string of the molecule is Nc1c(O)nc(Cc2ccc(Cl)cc2)nc1O. The Hall–Kier alpha value is -2.01. The van der Waals surface area contributed by atoms with Crippen LogP contribution in [0.1, 0.15) is 11.4 Å². The van der Waals surface area contributed by atoms with E-state index in [-0.39, 0.29) is 11.5 Å². The third kappa shape index (κ3) is 2.57. The molecular weight excluding hydrogens is 242 g/mol. The summed E-state index contributed by atoms with van der Waals surface area (Å²) in [5.41, 5.74) is 6.02. The van der Waals surface area contributed by atoms with Crippen molar-refractivity contribution in [1.29, 1.82) is 0 Å². The molecule has 2 rings (SSSR count). The first-order chi connectivity index (χ1) is 8.06. The van der Waals surface area contributed by atoms with Gasteiger partial charge in [0.1, 0.15) is 5.82 Å². The first-order valence-corrected chi connectivity index (χ1v) is 5.23. The van der Waals surface area contributed by atoms with Crippen LogP contribution in [0, 0.1) is 0 Å². The van der Waals surface area contributed by atoms with Crippen molar-refractivity contribution >= 4 is 17.3 Å².